The van der Waals surface area contributed by atoms with Crippen molar-refractivity contribution in [3.63, 3.8) is 0 Å². The van der Waals surface area contributed by atoms with E-state index in [4.69, 9.17) is 46.4 Å². The molecular weight excluding hydrogens is 529 g/mol. The van der Waals surface area contributed by atoms with Crippen molar-refractivity contribution in [1.29, 1.82) is 0 Å². The zero-order valence-corrected chi connectivity index (χ0v) is 19.5. The summed E-state index contributed by atoms with van der Waals surface area (Å²) in [7, 11) is 0. The van der Waals surface area contributed by atoms with E-state index >= 15 is 0 Å². The minimum Gasteiger partial charge on any atom is -0.353 e. The first-order valence-electron chi connectivity index (χ1n) is 9.42. The number of hydrogen-bond acceptors (Lipinski definition) is 6. The van der Waals surface area contributed by atoms with E-state index in [-0.39, 0.29) is 48.5 Å². The molecule has 1 aromatic carbocycles. The second-order valence-corrected chi connectivity index (χ2v) is 9.77. The zero-order chi connectivity index (χ0) is 23.9. The summed E-state index contributed by atoms with van der Waals surface area (Å²) in [5.41, 5.74) is -0.856. The van der Waals surface area contributed by atoms with Crippen LogP contribution in [-0.2, 0) is 4.79 Å². The Morgan fingerprint density at radius 1 is 1.06 bits per heavy atom. The van der Waals surface area contributed by atoms with Gasteiger partial charge in [0.2, 0.25) is 10.2 Å². The van der Waals surface area contributed by atoms with Crippen molar-refractivity contribution < 1.29 is 18.0 Å². The molecule has 1 saturated heterocycles. The summed E-state index contributed by atoms with van der Waals surface area (Å²) in [5.74, 6) is -3.44. The highest BCUT2D eigenvalue weighted by Crippen LogP contribution is 2.40. The molecule has 1 amide bonds. The van der Waals surface area contributed by atoms with Crippen molar-refractivity contribution in [3.05, 3.63) is 41.1 Å². The minimum atomic E-state index is -1.80. The number of alkyl halides is 3. The van der Waals surface area contributed by atoms with Crippen LogP contribution in [-0.4, -0.2) is 67.0 Å². The lowest BCUT2D eigenvalue weighted by molar-refractivity contribution is -0.111. The molecule has 1 unspecified atom stereocenters. The van der Waals surface area contributed by atoms with Crippen molar-refractivity contribution >= 4 is 64.4 Å². The Labute approximate surface area is 205 Å². The first kappa shape index (κ1) is 24.1. The molecule has 0 radical (unpaired) electrons. The molecule has 15 heteroatoms. The number of benzene rings is 1. The second kappa shape index (κ2) is 9.30. The van der Waals surface area contributed by atoms with Crippen LogP contribution in [0.5, 0.6) is 0 Å². The standard InChI is InChI=1S/C18H14Cl4F3N7O/c19-14-12(11-9(23)1-2-10(24)13(11)25)15(32-17(29-14)26-7-28-32)30-3-5-31(6-4-30)16(27-8-33)18(20,21)22/h1-2,7-8,16H,3-6H2,(H,27,33). The molecule has 1 N–H and O–H groups in total. The van der Waals surface area contributed by atoms with Gasteiger partial charge in [-0.1, -0.05) is 46.4 Å². The molecule has 3 heterocycles. The van der Waals surface area contributed by atoms with Gasteiger partial charge in [-0.2, -0.15) is 19.6 Å². The highest BCUT2D eigenvalue weighted by Gasteiger charge is 2.39. The van der Waals surface area contributed by atoms with Crippen LogP contribution < -0.4 is 10.2 Å². The average molecular weight is 543 g/mol. The van der Waals surface area contributed by atoms with E-state index in [0.29, 0.717) is 12.5 Å². The molecule has 8 nitrogen and oxygen atoms in total. The van der Waals surface area contributed by atoms with Gasteiger partial charge in [0.15, 0.2) is 11.6 Å². The number of aromatic nitrogens is 4. The lowest BCUT2D eigenvalue weighted by Gasteiger charge is -2.42. The summed E-state index contributed by atoms with van der Waals surface area (Å²) < 4.78 is 42.9. The van der Waals surface area contributed by atoms with Gasteiger partial charge in [0, 0.05) is 26.2 Å². The minimum absolute atomic E-state index is 0.0835. The predicted octanol–water partition coefficient (Wildman–Crippen LogP) is 3.43. The van der Waals surface area contributed by atoms with Gasteiger partial charge < -0.3 is 10.2 Å². The van der Waals surface area contributed by atoms with Gasteiger partial charge in [-0.25, -0.2) is 13.2 Å². The number of carbonyl (C=O) groups excluding carboxylic acids is 1. The van der Waals surface area contributed by atoms with E-state index in [1.807, 2.05) is 0 Å². The van der Waals surface area contributed by atoms with Crippen LogP contribution in [0, 0.1) is 17.5 Å². The summed E-state index contributed by atoms with van der Waals surface area (Å²) in [6.45, 7) is 1.06. The highest BCUT2D eigenvalue weighted by atomic mass is 35.6. The molecule has 2 aromatic heterocycles. The second-order valence-electron chi connectivity index (χ2n) is 7.04. The first-order valence-corrected chi connectivity index (χ1v) is 10.9. The quantitative estimate of drug-likeness (QED) is 0.230. The topological polar surface area (TPSA) is 78.7 Å². The van der Waals surface area contributed by atoms with Gasteiger partial charge in [0.1, 0.15) is 29.3 Å². The molecule has 0 saturated carbocycles. The average Bonchev–Trinajstić information content (AvgIpc) is 3.22. The number of rotatable bonds is 5. The van der Waals surface area contributed by atoms with E-state index in [1.165, 1.54) is 10.8 Å². The van der Waals surface area contributed by atoms with E-state index in [2.05, 4.69) is 20.4 Å². The van der Waals surface area contributed by atoms with Crippen LogP contribution in [0.4, 0.5) is 19.0 Å². The third-order valence-corrected chi connectivity index (χ3v) is 6.06. The van der Waals surface area contributed by atoms with E-state index in [9.17, 15) is 18.0 Å². The third-order valence-electron chi connectivity index (χ3n) is 5.17. The smallest absolute Gasteiger partial charge is 0.255 e. The van der Waals surface area contributed by atoms with Crippen molar-refractivity contribution in [2.75, 3.05) is 31.1 Å². The molecule has 0 bridgehead atoms. The fourth-order valence-corrected chi connectivity index (χ4v) is 4.59. The number of fused-ring (bicyclic) bond motifs is 1. The molecule has 0 aliphatic carbocycles. The molecule has 33 heavy (non-hydrogen) atoms. The lowest BCUT2D eigenvalue weighted by atomic mass is 10.1. The molecule has 0 spiro atoms. The van der Waals surface area contributed by atoms with Gasteiger partial charge in [-0.3, -0.25) is 9.69 Å². The monoisotopic (exact) mass is 541 g/mol. The maximum Gasteiger partial charge on any atom is 0.255 e. The predicted molar refractivity (Wildman–Crippen MR) is 118 cm³/mol. The van der Waals surface area contributed by atoms with Crippen molar-refractivity contribution in [2.24, 2.45) is 0 Å². The van der Waals surface area contributed by atoms with Gasteiger partial charge in [-0.05, 0) is 12.1 Å². The van der Waals surface area contributed by atoms with Crippen LogP contribution in [0.1, 0.15) is 0 Å². The number of hydrogen-bond donors (Lipinski definition) is 1. The molecule has 4 rings (SSSR count). The first-order chi connectivity index (χ1) is 15.6. The fraction of sp³-hybridized carbons (Fsp3) is 0.333. The molecule has 1 atom stereocenters. The van der Waals surface area contributed by atoms with E-state index in [0.717, 1.165) is 6.07 Å². The third kappa shape index (κ3) is 4.52. The Kier molecular flexibility index (Phi) is 6.79. The van der Waals surface area contributed by atoms with Crippen molar-refractivity contribution in [2.45, 2.75) is 9.96 Å². The Morgan fingerprint density at radius 2 is 1.73 bits per heavy atom. The number of halogens is 7. The van der Waals surface area contributed by atoms with Crippen LogP contribution in [0.3, 0.4) is 0 Å². The number of carbonyl (C=O) groups is 1. The normalized spacial score (nSPS) is 16.3. The number of anilines is 1. The summed E-state index contributed by atoms with van der Waals surface area (Å²) in [4.78, 5) is 22.4. The maximum atomic E-state index is 14.7. The van der Waals surface area contributed by atoms with Crippen LogP contribution in [0.2, 0.25) is 5.15 Å². The Balaban J connectivity index is 1.78. The number of nitrogens with zero attached hydrogens (tertiary/aromatic N) is 6. The molecule has 1 fully saturated rings. The van der Waals surface area contributed by atoms with Gasteiger partial charge in [-0.15, -0.1) is 0 Å². The van der Waals surface area contributed by atoms with Crippen LogP contribution in [0.25, 0.3) is 16.9 Å². The molecule has 176 valence electrons. The summed E-state index contributed by atoms with van der Waals surface area (Å²) in [5, 5.41) is 6.29. The summed E-state index contributed by atoms with van der Waals surface area (Å²) in [6, 6.07) is 1.48. The Morgan fingerprint density at radius 3 is 2.36 bits per heavy atom. The number of piperazine rings is 1. The van der Waals surface area contributed by atoms with Crippen LogP contribution in [0.15, 0.2) is 18.5 Å². The van der Waals surface area contributed by atoms with Crippen LogP contribution >= 0.6 is 46.4 Å². The SMILES string of the molecule is O=CNC(N1CCN(c2c(-c3c(F)ccc(F)c3F)c(Cl)nc3ncnn23)CC1)C(Cl)(Cl)Cl. The number of amides is 1. The molecule has 1 aliphatic rings. The van der Waals surface area contributed by atoms with Crippen molar-refractivity contribution in [1.82, 2.24) is 29.8 Å². The fourth-order valence-electron chi connectivity index (χ4n) is 3.73. The highest BCUT2D eigenvalue weighted by molar-refractivity contribution is 6.68. The zero-order valence-electron chi connectivity index (χ0n) is 16.5. The van der Waals surface area contributed by atoms with E-state index < -0.39 is 33.0 Å². The largest absolute Gasteiger partial charge is 0.353 e. The van der Waals surface area contributed by atoms with Gasteiger partial charge in [0.25, 0.3) is 5.78 Å². The number of nitrogens with one attached hydrogen (secondary N) is 1. The molecular formula is C18H14Cl4F3N7O. The lowest BCUT2D eigenvalue weighted by Crippen LogP contribution is -2.59. The Bertz CT molecular complexity index is 1200. The van der Waals surface area contributed by atoms with Crippen molar-refractivity contribution in [3.8, 4) is 11.1 Å². The van der Waals surface area contributed by atoms with E-state index in [1.54, 1.807) is 9.80 Å². The Hall–Kier alpha value is -2.05. The molecule has 1 aliphatic heterocycles. The van der Waals surface area contributed by atoms with Gasteiger partial charge in [0.05, 0.1) is 11.1 Å². The summed E-state index contributed by atoms with van der Waals surface area (Å²) >= 11 is 24.3. The maximum absolute atomic E-state index is 14.7. The van der Waals surface area contributed by atoms with Gasteiger partial charge >= 0.3 is 0 Å². The molecule has 3 aromatic rings. The summed E-state index contributed by atoms with van der Waals surface area (Å²) in [6.07, 6.45) is 0.716.